The van der Waals surface area contributed by atoms with Crippen LogP contribution in [0.5, 0.6) is 0 Å². The van der Waals surface area contributed by atoms with E-state index in [0.717, 1.165) is 0 Å². The highest BCUT2D eigenvalue weighted by atomic mass is 32.2. The van der Waals surface area contributed by atoms with Gasteiger partial charge < -0.3 is 10.5 Å². The van der Waals surface area contributed by atoms with E-state index in [-0.39, 0.29) is 12.3 Å². The summed E-state index contributed by atoms with van der Waals surface area (Å²) in [4.78, 5) is 0. The molecule has 0 bridgehead atoms. The van der Waals surface area contributed by atoms with Crippen molar-refractivity contribution in [1.82, 2.24) is 14.9 Å². The fraction of sp³-hybridized carbons (Fsp3) is 0.625. The van der Waals surface area contributed by atoms with Gasteiger partial charge in [0, 0.05) is 25.8 Å². The van der Waals surface area contributed by atoms with Crippen LogP contribution in [-0.2, 0) is 21.3 Å². The molecule has 8 heteroatoms. The Hall–Kier alpha value is -1.12. The van der Waals surface area contributed by atoms with Crippen molar-refractivity contribution in [3.63, 3.8) is 0 Å². The first-order chi connectivity index (χ1) is 7.55. The van der Waals surface area contributed by atoms with E-state index >= 15 is 0 Å². The molecule has 0 aliphatic carbocycles. The summed E-state index contributed by atoms with van der Waals surface area (Å²) < 4.78 is 30.2. The number of H-pyrrole nitrogens is 1. The Kier molecular flexibility index (Phi) is 4.71. The molecule has 0 saturated heterocycles. The van der Waals surface area contributed by atoms with Gasteiger partial charge in [-0.05, 0) is 6.42 Å². The molecule has 16 heavy (non-hydrogen) atoms. The normalized spacial score (nSPS) is 11.8. The van der Waals surface area contributed by atoms with Crippen molar-refractivity contribution in [2.45, 2.75) is 13.0 Å². The van der Waals surface area contributed by atoms with Gasteiger partial charge in [0.15, 0.2) is 0 Å². The van der Waals surface area contributed by atoms with Crippen LogP contribution in [0.15, 0.2) is 6.20 Å². The zero-order chi connectivity index (χ0) is 12.0. The summed E-state index contributed by atoms with van der Waals surface area (Å²) in [6.07, 6.45) is 1.96. The van der Waals surface area contributed by atoms with E-state index in [2.05, 4.69) is 14.9 Å². The molecule has 0 aromatic carbocycles. The molecule has 0 atom stereocenters. The van der Waals surface area contributed by atoms with Crippen molar-refractivity contribution in [1.29, 1.82) is 0 Å². The number of ether oxygens (including phenoxy) is 1. The number of rotatable bonds is 7. The highest BCUT2D eigenvalue weighted by molar-refractivity contribution is 7.89. The summed E-state index contributed by atoms with van der Waals surface area (Å²) >= 11 is 0. The van der Waals surface area contributed by atoms with Crippen LogP contribution in [0.2, 0.25) is 0 Å². The molecule has 0 aliphatic rings. The van der Waals surface area contributed by atoms with E-state index in [0.29, 0.717) is 24.4 Å². The molecule has 4 N–H and O–H groups in total. The number of nitrogens with two attached hydrogens (primary N) is 1. The second-order valence-corrected chi connectivity index (χ2v) is 5.22. The number of aromatic nitrogens is 2. The molecule has 1 rings (SSSR count). The van der Waals surface area contributed by atoms with Gasteiger partial charge >= 0.3 is 0 Å². The summed E-state index contributed by atoms with van der Waals surface area (Å²) in [5.74, 6) is 0.415. The molecule has 0 fully saturated rings. The largest absolute Gasteiger partial charge is 0.385 e. The van der Waals surface area contributed by atoms with Crippen LogP contribution in [0.4, 0.5) is 5.82 Å². The Morgan fingerprint density at radius 2 is 2.38 bits per heavy atom. The van der Waals surface area contributed by atoms with Crippen molar-refractivity contribution in [3.05, 3.63) is 11.8 Å². The van der Waals surface area contributed by atoms with Crippen molar-refractivity contribution < 1.29 is 13.2 Å². The van der Waals surface area contributed by atoms with E-state index in [9.17, 15) is 8.42 Å². The number of aromatic amines is 1. The molecule has 1 aromatic heterocycles. The molecule has 0 saturated carbocycles. The van der Waals surface area contributed by atoms with Gasteiger partial charge in [0.2, 0.25) is 10.0 Å². The molecule has 0 unspecified atom stereocenters. The Morgan fingerprint density at radius 1 is 1.62 bits per heavy atom. The van der Waals surface area contributed by atoms with Gasteiger partial charge in [-0.25, -0.2) is 13.1 Å². The summed E-state index contributed by atoms with van der Waals surface area (Å²) in [7, 11) is -1.74. The Labute approximate surface area is 94.4 Å². The third-order valence-corrected chi connectivity index (χ3v) is 3.41. The van der Waals surface area contributed by atoms with E-state index < -0.39 is 10.0 Å². The number of methoxy groups -OCH3 is 1. The SMILES string of the molecule is COCCCS(=O)(=O)NCc1cn[nH]c1N. The number of nitrogens with zero attached hydrogens (tertiary/aromatic N) is 1. The lowest BCUT2D eigenvalue weighted by Gasteiger charge is -2.05. The van der Waals surface area contributed by atoms with Crippen LogP contribution >= 0.6 is 0 Å². The fourth-order valence-electron chi connectivity index (χ4n) is 1.12. The Balaban J connectivity index is 2.39. The minimum atomic E-state index is -3.27. The van der Waals surface area contributed by atoms with Gasteiger partial charge in [-0.1, -0.05) is 0 Å². The van der Waals surface area contributed by atoms with Gasteiger partial charge in [0.1, 0.15) is 5.82 Å². The topological polar surface area (TPSA) is 110 Å². The van der Waals surface area contributed by atoms with Crippen LogP contribution in [0, 0.1) is 0 Å². The Bertz CT molecular complexity index is 415. The monoisotopic (exact) mass is 248 g/mol. The highest BCUT2D eigenvalue weighted by Gasteiger charge is 2.10. The smallest absolute Gasteiger partial charge is 0.211 e. The van der Waals surface area contributed by atoms with Gasteiger partial charge in [0.25, 0.3) is 0 Å². The zero-order valence-electron chi connectivity index (χ0n) is 9.06. The maximum Gasteiger partial charge on any atom is 0.211 e. The second-order valence-electron chi connectivity index (χ2n) is 3.30. The molecular weight excluding hydrogens is 232 g/mol. The van der Waals surface area contributed by atoms with Crippen LogP contribution in [0.25, 0.3) is 0 Å². The maximum atomic E-state index is 11.5. The molecule has 0 radical (unpaired) electrons. The average Bonchev–Trinajstić information content (AvgIpc) is 2.62. The number of nitrogen functional groups attached to an aromatic ring is 1. The van der Waals surface area contributed by atoms with E-state index in [4.69, 9.17) is 10.5 Å². The minimum Gasteiger partial charge on any atom is -0.385 e. The summed E-state index contributed by atoms with van der Waals surface area (Å²) in [5.41, 5.74) is 6.15. The van der Waals surface area contributed by atoms with E-state index in [1.807, 2.05) is 0 Å². The lowest BCUT2D eigenvalue weighted by Crippen LogP contribution is -2.26. The van der Waals surface area contributed by atoms with Crippen LogP contribution in [0.1, 0.15) is 12.0 Å². The number of anilines is 1. The van der Waals surface area contributed by atoms with Crippen LogP contribution in [-0.4, -0.2) is 38.1 Å². The second kappa shape index (κ2) is 5.83. The first-order valence-corrected chi connectivity index (χ1v) is 6.44. The van der Waals surface area contributed by atoms with Crippen LogP contribution in [0.3, 0.4) is 0 Å². The molecule has 92 valence electrons. The van der Waals surface area contributed by atoms with Gasteiger partial charge in [-0.3, -0.25) is 5.10 Å². The molecular formula is C8H16N4O3S. The average molecular weight is 248 g/mol. The van der Waals surface area contributed by atoms with Crippen molar-refractivity contribution in [3.8, 4) is 0 Å². The predicted molar refractivity (Wildman–Crippen MR) is 60.1 cm³/mol. The van der Waals surface area contributed by atoms with E-state index in [1.54, 1.807) is 0 Å². The lowest BCUT2D eigenvalue weighted by atomic mass is 10.3. The molecule has 0 spiro atoms. The summed E-state index contributed by atoms with van der Waals surface area (Å²) in [6, 6.07) is 0. The first-order valence-electron chi connectivity index (χ1n) is 4.79. The van der Waals surface area contributed by atoms with E-state index in [1.165, 1.54) is 13.3 Å². The molecule has 1 heterocycles. The van der Waals surface area contributed by atoms with Gasteiger partial charge in [0.05, 0.1) is 11.9 Å². The number of nitrogens with one attached hydrogen (secondary N) is 2. The standard InChI is InChI=1S/C8H16N4O3S/c1-15-3-2-4-16(13,14)11-6-7-5-10-12-8(7)9/h5,11H,2-4,6H2,1H3,(H3,9,10,12). The summed E-state index contributed by atoms with van der Waals surface area (Å²) in [6.45, 7) is 0.576. The van der Waals surface area contributed by atoms with Crippen molar-refractivity contribution >= 4 is 15.8 Å². The lowest BCUT2D eigenvalue weighted by molar-refractivity contribution is 0.199. The number of hydrogen-bond donors (Lipinski definition) is 3. The first kappa shape index (κ1) is 12.9. The quantitative estimate of drug-likeness (QED) is 0.561. The number of sulfonamides is 1. The molecule has 1 aromatic rings. The molecule has 7 nitrogen and oxygen atoms in total. The fourth-order valence-corrected chi connectivity index (χ4v) is 2.13. The maximum absolute atomic E-state index is 11.5. The third kappa shape index (κ3) is 4.17. The van der Waals surface area contributed by atoms with Gasteiger partial charge in [-0.15, -0.1) is 0 Å². The van der Waals surface area contributed by atoms with Crippen LogP contribution < -0.4 is 10.5 Å². The van der Waals surface area contributed by atoms with Crippen molar-refractivity contribution in [2.75, 3.05) is 25.2 Å². The highest BCUT2D eigenvalue weighted by Crippen LogP contribution is 2.05. The molecule has 0 amide bonds. The number of hydrogen-bond acceptors (Lipinski definition) is 5. The molecule has 0 aliphatic heterocycles. The third-order valence-electron chi connectivity index (χ3n) is 2.00. The van der Waals surface area contributed by atoms with Crippen molar-refractivity contribution in [2.24, 2.45) is 0 Å². The van der Waals surface area contributed by atoms with Gasteiger partial charge in [-0.2, -0.15) is 5.10 Å². The minimum absolute atomic E-state index is 0.0403. The predicted octanol–water partition coefficient (Wildman–Crippen LogP) is -0.552. The zero-order valence-corrected chi connectivity index (χ0v) is 9.88. The summed E-state index contributed by atoms with van der Waals surface area (Å²) in [5, 5.41) is 6.22. The Morgan fingerprint density at radius 3 is 2.94 bits per heavy atom.